The summed E-state index contributed by atoms with van der Waals surface area (Å²) in [5, 5.41) is 17.2. The molecule has 25 heavy (non-hydrogen) atoms. The van der Waals surface area contributed by atoms with Gasteiger partial charge >= 0.3 is 5.97 Å². The van der Waals surface area contributed by atoms with E-state index in [2.05, 4.69) is 10.3 Å². The van der Waals surface area contributed by atoms with Crippen molar-refractivity contribution in [3.05, 3.63) is 41.7 Å². The summed E-state index contributed by atoms with van der Waals surface area (Å²) in [5.41, 5.74) is 0.269. The van der Waals surface area contributed by atoms with E-state index in [4.69, 9.17) is 4.74 Å². The molecular formula is C17H20N4O4. The van der Waals surface area contributed by atoms with Crippen molar-refractivity contribution in [2.45, 2.75) is 25.3 Å². The molecule has 1 unspecified atom stereocenters. The van der Waals surface area contributed by atoms with Gasteiger partial charge in [-0.05, 0) is 31.4 Å². The van der Waals surface area contributed by atoms with Crippen molar-refractivity contribution in [1.29, 1.82) is 0 Å². The number of aromatic carboxylic acids is 1. The lowest BCUT2D eigenvalue weighted by atomic mass is 10.1. The van der Waals surface area contributed by atoms with Gasteiger partial charge < -0.3 is 14.7 Å². The van der Waals surface area contributed by atoms with E-state index in [0.717, 1.165) is 19.3 Å². The van der Waals surface area contributed by atoms with Gasteiger partial charge in [-0.1, -0.05) is 11.3 Å². The van der Waals surface area contributed by atoms with Gasteiger partial charge in [0.05, 0.1) is 24.9 Å². The van der Waals surface area contributed by atoms with E-state index in [9.17, 15) is 14.7 Å². The van der Waals surface area contributed by atoms with Gasteiger partial charge in [-0.25, -0.2) is 9.48 Å². The molecule has 1 aliphatic rings. The van der Waals surface area contributed by atoms with Crippen LogP contribution in [0.15, 0.2) is 30.6 Å². The van der Waals surface area contributed by atoms with E-state index < -0.39 is 5.97 Å². The van der Waals surface area contributed by atoms with Crippen molar-refractivity contribution < 1.29 is 19.4 Å². The van der Waals surface area contributed by atoms with Gasteiger partial charge in [0.2, 0.25) is 0 Å². The van der Waals surface area contributed by atoms with Gasteiger partial charge in [0.25, 0.3) is 5.91 Å². The third-order valence-corrected chi connectivity index (χ3v) is 4.48. The topological polar surface area (TPSA) is 97.6 Å². The Bertz CT molecular complexity index is 760. The van der Waals surface area contributed by atoms with Crippen molar-refractivity contribution in [3.63, 3.8) is 0 Å². The molecule has 132 valence electrons. The number of nitrogens with zero attached hydrogens (tertiary/aromatic N) is 4. The highest BCUT2D eigenvalue weighted by Gasteiger charge is 2.26. The molecule has 1 atom stereocenters. The maximum atomic E-state index is 12.9. The number of carboxylic acids is 1. The first-order valence-corrected chi connectivity index (χ1v) is 8.17. The summed E-state index contributed by atoms with van der Waals surface area (Å²) in [7, 11) is 1.38. The quantitative estimate of drug-likeness (QED) is 0.909. The molecule has 1 aromatic carbocycles. The number of hydrogen-bond donors (Lipinski definition) is 1. The standard InChI is InChI=1S/C17H20N4O4/c1-25-15-13(5-2-6-14(15)17(23)24)16(22)20-9-3-4-12(7-10-20)21-11-8-18-19-21/h2,5-6,8,11-12H,3-4,7,9-10H2,1H3,(H,23,24). The number of carboxylic acid groups (broad SMARTS) is 1. The molecule has 1 aliphatic heterocycles. The van der Waals surface area contributed by atoms with Gasteiger partial charge in [-0.2, -0.15) is 0 Å². The Morgan fingerprint density at radius 2 is 2.04 bits per heavy atom. The molecular weight excluding hydrogens is 324 g/mol. The monoisotopic (exact) mass is 344 g/mol. The minimum Gasteiger partial charge on any atom is -0.495 e. The van der Waals surface area contributed by atoms with Gasteiger partial charge in [0, 0.05) is 19.3 Å². The second kappa shape index (κ2) is 7.33. The molecule has 0 spiro atoms. The predicted molar refractivity (Wildman–Crippen MR) is 88.8 cm³/mol. The maximum Gasteiger partial charge on any atom is 0.339 e. The summed E-state index contributed by atoms with van der Waals surface area (Å²) in [6, 6.07) is 4.82. The van der Waals surface area contributed by atoms with Crippen LogP contribution in [-0.2, 0) is 0 Å². The molecule has 1 aromatic heterocycles. The van der Waals surface area contributed by atoms with E-state index in [0.29, 0.717) is 13.1 Å². The Hall–Kier alpha value is -2.90. The van der Waals surface area contributed by atoms with Gasteiger partial charge in [0.15, 0.2) is 0 Å². The average Bonchev–Trinajstić information content (AvgIpc) is 3.05. The van der Waals surface area contributed by atoms with Crippen LogP contribution in [0.3, 0.4) is 0 Å². The fourth-order valence-corrected chi connectivity index (χ4v) is 3.22. The molecule has 0 radical (unpaired) electrons. The molecule has 0 aliphatic carbocycles. The molecule has 8 nitrogen and oxygen atoms in total. The van der Waals surface area contributed by atoms with Crippen LogP contribution in [0.5, 0.6) is 5.75 Å². The smallest absolute Gasteiger partial charge is 0.339 e. The molecule has 8 heteroatoms. The molecule has 2 aromatic rings. The molecule has 3 rings (SSSR count). The zero-order valence-electron chi connectivity index (χ0n) is 14.0. The fraction of sp³-hybridized carbons (Fsp3) is 0.412. The minimum atomic E-state index is -1.12. The summed E-state index contributed by atoms with van der Waals surface area (Å²) in [5.74, 6) is -1.22. The number of amides is 1. The molecule has 1 fully saturated rings. The Morgan fingerprint density at radius 3 is 2.72 bits per heavy atom. The first-order chi connectivity index (χ1) is 12.1. The highest BCUT2D eigenvalue weighted by Crippen LogP contribution is 2.27. The summed E-state index contributed by atoms with van der Waals surface area (Å²) < 4.78 is 7.04. The minimum absolute atomic E-state index is 0.0105. The number of carbonyl (C=O) groups excluding carboxylic acids is 1. The first kappa shape index (κ1) is 16.9. The highest BCUT2D eigenvalue weighted by molar-refractivity contribution is 6.02. The van der Waals surface area contributed by atoms with Gasteiger partial charge in [-0.3, -0.25) is 4.79 Å². The van der Waals surface area contributed by atoms with Gasteiger partial charge in [0.1, 0.15) is 11.3 Å². The third-order valence-electron chi connectivity index (χ3n) is 4.48. The van der Waals surface area contributed by atoms with Crippen LogP contribution < -0.4 is 4.74 Å². The SMILES string of the molecule is COc1c(C(=O)O)cccc1C(=O)N1CCCC(n2ccnn2)CC1. The van der Waals surface area contributed by atoms with Crippen molar-refractivity contribution in [1.82, 2.24) is 19.9 Å². The van der Waals surface area contributed by atoms with E-state index in [1.54, 1.807) is 23.2 Å². The maximum absolute atomic E-state index is 12.9. The normalized spacial score (nSPS) is 17.8. The number of ether oxygens (including phenoxy) is 1. The molecule has 1 N–H and O–H groups in total. The lowest BCUT2D eigenvalue weighted by Gasteiger charge is -2.22. The first-order valence-electron chi connectivity index (χ1n) is 8.17. The van der Waals surface area contributed by atoms with E-state index >= 15 is 0 Å². The number of para-hydroxylation sites is 1. The van der Waals surface area contributed by atoms with E-state index in [1.165, 1.54) is 13.2 Å². The number of methoxy groups -OCH3 is 1. The largest absolute Gasteiger partial charge is 0.495 e. The lowest BCUT2D eigenvalue weighted by molar-refractivity contribution is 0.0693. The average molecular weight is 344 g/mol. The van der Waals surface area contributed by atoms with Crippen LogP contribution in [0.4, 0.5) is 0 Å². The second-order valence-corrected chi connectivity index (χ2v) is 5.95. The van der Waals surface area contributed by atoms with Crippen LogP contribution in [0.1, 0.15) is 46.0 Å². The Morgan fingerprint density at radius 1 is 1.24 bits per heavy atom. The third kappa shape index (κ3) is 3.47. The summed E-state index contributed by atoms with van der Waals surface area (Å²) in [6.07, 6.45) is 6.02. The Balaban J connectivity index is 1.79. The van der Waals surface area contributed by atoms with Gasteiger partial charge in [-0.15, -0.1) is 5.10 Å². The highest BCUT2D eigenvalue weighted by atomic mass is 16.5. The molecule has 1 saturated heterocycles. The van der Waals surface area contributed by atoms with Crippen LogP contribution in [0.25, 0.3) is 0 Å². The van der Waals surface area contributed by atoms with Crippen molar-refractivity contribution >= 4 is 11.9 Å². The second-order valence-electron chi connectivity index (χ2n) is 5.95. The number of carbonyl (C=O) groups is 2. The fourth-order valence-electron chi connectivity index (χ4n) is 3.22. The zero-order valence-corrected chi connectivity index (χ0v) is 14.0. The lowest BCUT2D eigenvalue weighted by Crippen LogP contribution is -2.32. The molecule has 1 amide bonds. The van der Waals surface area contributed by atoms with Crippen LogP contribution in [-0.4, -0.2) is 57.1 Å². The molecule has 2 heterocycles. The van der Waals surface area contributed by atoms with Crippen molar-refractivity contribution in [3.8, 4) is 5.75 Å². The van der Waals surface area contributed by atoms with E-state index in [-0.39, 0.29) is 28.8 Å². The molecule has 0 saturated carbocycles. The van der Waals surface area contributed by atoms with Crippen molar-refractivity contribution in [2.24, 2.45) is 0 Å². The van der Waals surface area contributed by atoms with Crippen LogP contribution in [0, 0.1) is 0 Å². The van der Waals surface area contributed by atoms with Crippen LogP contribution >= 0.6 is 0 Å². The zero-order chi connectivity index (χ0) is 17.8. The summed E-state index contributed by atoms with van der Waals surface area (Å²) >= 11 is 0. The van der Waals surface area contributed by atoms with Crippen molar-refractivity contribution in [2.75, 3.05) is 20.2 Å². The number of likely N-dealkylation sites (tertiary alicyclic amines) is 1. The number of aromatic nitrogens is 3. The summed E-state index contributed by atoms with van der Waals surface area (Å²) in [4.78, 5) is 26.0. The number of rotatable bonds is 4. The Kier molecular flexibility index (Phi) is 4.97. The number of benzene rings is 1. The molecule has 0 bridgehead atoms. The Labute approximate surface area is 145 Å². The van der Waals surface area contributed by atoms with Crippen LogP contribution in [0.2, 0.25) is 0 Å². The predicted octanol–water partition coefficient (Wildman–Crippen LogP) is 1.85. The summed E-state index contributed by atoms with van der Waals surface area (Å²) in [6.45, 7) is 1.19. The number of hydrogen-bond acceptors (Lipinski definition) is 5. The van der Waals surface area contributed by atoms with E-state index in [1.807, 2.05) is 10.9 Å².